The number of ether oxygens (including phenoxy) is 5. The second-order valence-corrected chi connectivity index (χ2v) is 9.04. The molecule has 1 amide bonds. The Morgan fingerprint density at radius 2 is 1.65 bits per heavy atom. The van der Waals surface area contributed by atoms with Crippen molar-refractivity contribution in [2.45, 2.75) is 51.6 Å². The zero-order valence-corrected chi connectivity index (χ0v) is 20.9. The van der Waals surface area contributed by atoms with Crippen LogP contribution in [0.5, 0.6) is 23.0 Å². The van der Waals surface area contributed by atoms with Gasteiger partial charge < -0.3 is 29.4 Å². The van der Waals surface area contributed by atoms with Crippen LogP contribution >= 0.6 is 0 Å². The first-order valence-corrected chi connectivity index (χ1v) is 11.1. The topological polar surface area (TPSA) is 106 Å². The van der Waals surface area contributed by atoms with E-state index in [-0.39, 0.29) is 17.1 Å². The molecule has 2 aromatic rings. The van der Waals surface area contributed by atoms with Crippen LogP contribution < -0.4 is 30.1 Å². The minimum absolute atomic E-state index is 0.109. The number of rotatable bonds is 7. The van der Waals surface area contributed by atoms with E-state index in [0.29, 0.717) is 42.1 Å². The molecule has 0 radical (unpaired) electrons. The van der Waals surface area contributed by atoms with Crippen molar-refractivity contribution in [3.63, 3.8) is 0 Å². The Labute approximate surface area is 199 Å². The maximum atomic E-state index is 13.1. The first kappa shape index (κ1) is 25.2. The third-order valence-corrected chi connectivity index (χ3v) is 6.24. The molecule has 1 aliphatic rings. The average molecular weight is 472 g/mol. The second kappa shape index (κ2) is 9.83. The SMILES string of the molecule is COc1cc2c(c(OC)c1OC)-c1cc(C)c(OC)c(=O)cc1[C@H](CC(C)(C)OC(N)=O)CC2. The van der Waals surface area contributed by atoms with Crippen LogP contribution in [0.4, 0.5) is 4.79 Å². The normalized spacial score (nSPS) is 14.9. The molecule has 0 bridgehead atoms. The molecule has 0 saturated carbocycles. The van der Waals surface area contributed by atoms with Crippen molar-refractivity contribution in [1.29, 1.82) is 0 Å². The Kier molecular flexibility index (Phi) is 7.29. The molecule has 3 rings (SSSR count). The molecule has 0 heterocycles. The lowest BCUT2D eigenvalue weighted by Gasteiger charge is -2.29. The Morgan fingerprint density at radius 3 is 2.21 bits per heavy atom. The number of nitrogens with two attached hydrogens (primary N) is 1. The zero-order valence-electron chi connectivity index (χ0n) is 20.9. The molecular weight excluding hydrogens is 438 g/mol. The second-order valence-electron chi connectivity index (χ2n) is 9.04. The summed E-state index contributed by atoms with van der Waals surface area (Å²) in [7, 11) is 6.21. The van der Waals surface area contributed by atoms with E-state index < -0.39 is 11.7 Å². The highest BCUT2D eigenvalue weighted by Crippen LogP contribution is 2.51. The highest BCUT2D eigenvalue weighted by molar-refractivity contribution is 5.83. The molecule has 0 unspecified atom stereocenters. The molecule has 184 valence electrons. The molecular formula is C26H33NO7. The number of primary amides is 1. The van der Waals surface area contributed by atoms with E-state index in [9.17, 15) is 9.59 Å². The summed E-state index contributed by atoms with van der Waals surface area (Å²) in [5.41, 5.74) is 8.46. The lowest BCUT2D eigenvalue weighted by Crippen LogP contribution is -2.33. The fourth-order valence-electron chi connectivity index (χ4n) is 4.96. The van der Waals surface area contributed by atoms with Gasteiger partial charge in [-0.3, -0.25) is 4.79 Å². The first-order valence-electron chi connectivity index (χ1n) is 11.1. The van der Waals surface area contributed by atoms with Crippen molar-refractivity contribution in [2.75, 3.05) is 28.4 Å². The van der Waals surface area contributed by atoms with E-state index in [2.05, 4.69) is 0 Å². The number of benzene rings is 1. The van der Waals surface area contributed by atoms with Crippen molar-refractivity contribution >= 4 is 6.09 Å². The molecule has 0 spiro atoms. The minimum Gasteiger partial charge on any atom is -0.493 e. The fourth-order valence-corrected chi connectivity index (χ4v) is 4.96. The number of hydrogen-bond acceptors (Lipinski definition) is 7. The summed E-state index contributed by atoms with van der Waals surface area (Å²) < 4.78 is 27.9. The van der Waals surface area contributed by atoms with Gasteiger partial charge in [0.2, 0.25) is 11.2 Å². The van der Waals surface area contributed by atoms with Gasteiger partial charge in [0.25, 0.3) is 0 Å². The van der Waals surface area contributed by atoms with Gasteiger partial charge >= 0.3 is 6.09 Å². The van der Waals surface area contributed by atoms with Gasteiger partial charge in [0.15, 0.2) is 17.2 Å². The van der Waals surface area contributed by atoms with Crippen molar-refractivity contribution in [3.8, 4) is 34.1 Å². The molecule has 1 aliphatic carbocycles. The third-order valence-electron chi connectivity index (χ3n) is 6.24. The van der Waals surface area contributed by atoms with E-state index in [4.69, 9.17) is 29.4 Å². The highest BCUT2D eigenvalue weighted by Gasteiger charge is 2.33. The molecule has 8 nitrogen and oxygen atoms in total. The van der Waals surface area contributed by atoms with Gasteiger partial charge in [0, 0.05) is 5.56 Å². The largest absolute Gasteiger partial charge is 0.493 e. The standard InChI is InChI=1S/C26H33NO7/c1-14-10-18-17(12-19(28)22(14)31-5)16(13-26(2,3)34-25(27)29)9-8-15-11-20(30-4)23(32-6)24(33-7)21(15)18/h10-12,16H,8-9,13H2,1-7H3,(H2,27,29)/t16-/m0/s1. The van der Waals surface area contributed by atoms with E-state index in [1.165, 1.54) is 7.11 Å². The number of fused-ring (bicyclic) bond motifs is 3. The zero-order chi connectivity index (χ0) is 25.2. The smallest absolute Gasteiger partial charge is 0.405 e. The van der Waals surface area contributed by atoms with Gasteiger partial charge in [-0.2, -0.15) is 0 Å². The quantitative estimate of drug-likeness (QED) is 0.640. The Balaban J connectivity index is 2.38. The molecule has 8 heteroatoms. The van der Waals surface area contributed by atoms with Crippen molar-refractivity contribution in [1.82, 2.24) is 0 Å². The first-order chi connectivity index (χ1) is 16.1. The number of carbonyl (C=O) groups excluding carboxylic acids is 1. The van der Waals surface area contributed by atoms with Gasteiger partial charge in [0.05, 0.1) is 28.4 Å². The van der Waals surface area contributed by atoms with Crippen LogP contribution in [0.15, 0.2) is 23.0 Å². The molecule has 0 saturated heterocycles. The van der Waals surface area contributed by atoms with Crippen LogP contribution in [0.25, 0.3) is 11.1 Å². The van der Waals surface area contributed by atoms with E-state index in [0.717, 1.165) is 22.3 Å². The molecule has 0 aliphatic heterocycles. The number of methoxy groups -OCH3 is 4. The van der Waals surface area contributed by atoms with Gasteiger partial charge in [-0.1, -0.05) is 0 Å². The van der Waals surface area contributed by atoms with Gasteiger partial charge in [-0.25, -0.2) is 4.79 Å². The van der Waals surface area contributed by atoms with Crippen LogP contribution in [-0.2, 0) is 11.2 Å². The summed E-state index contributed by atoms with van der Waals surface area (Å²) in [5, 5.41) is 0. The molecule has 34 heavy (non-hydrogen) atoms. The van der Waals surface area contributed by atoms with Crippen molar-refractivity contribution < 1.29 is 28.5 Å². The van der Waals surface area contributed by atoms with Crippen molar-refractivity contribution in [2.24, 2.45) is 5.73 Å². The number of carbonyl (C=O) groups is 1. The molecule has 2 N–H and O–H groups in total. The fraction of sp³-hybridized carbons (Fsp3) is 0.462. The summed E-state index contributed by atoms with van der Waals surface area (Å²) in [6.45, 7) is 5.47. The molecule has 2 aromatic carbocycles. The Bertz CT molecular complexity index is 1160. The van der Waals surface area contributed by atoms with Crippen molar-refractivity contribution in [3.05, 3.63) is 45.1 Å². The van der Waals surface area contributed by atoms with Gasteiger partial charge in [-0.05, 0) is 86.4 Å². The summed E-state index contributed by atoms with van der Waals surface area (Å²) >= 11 is 0. The van der Waals surface area contributed by atoms with Crippen LogP contribution in [0.2, 0.25) is 0 Å². The van der Waals surface area contributed by atoms with E-state index in [1.807, 2.05) is 32.9 Å². The summed E-state index contributed by atoms with van der Waals surface area (Å²) in [6.07, 6.45) is 1.03. The number of aryl methyl sites for hydroxylation is 2. The maximum absolute atomic E-state index is 13.1. The molecule has 0 fully saturated rings. The monoisotopic (exact) mass is 471 g/mol. The third kappa shape index (κ3) is 4.76. The Hall–Kier alpha value is -3.42. The molecule has 1 atom stereocenters. The predicted molar refractivity (Wildman–Crippen MR) is 130 cm³/mol. The van der Waals surface area contributed by atoms with E-state index >= 15 is 0 Å². The lowest BCUT2D eigenvalue weighted by molar-refractivity contribution is 0.0331. The van der Waals surface area contributed by atoms with Crippen LogP contribution in [-0.4, -0.2) is 40.1 Å². The number of hydrogen-bond donors (Lipinski definition) is 1. The lowest BCUT2D eigenvalue weighted by atomic mass is 9.84. The van der Waals surface area contributed by atoms with E-state index in [1.54, 1.807) is 27.4 Å². The summed E-state index contributed by atoms with van der Waals surface area (Å²) in [6, 6.07) is 5.52. The maximum Gasteiger partial charge on any atom is 0.405 e. The average Bonchev–Trinajstić information content (AvgIpc) is 2.97. The van der Waals surface area contributed by atoms with Crippen LogP contribution in [0.3, 0.4) is 0 Å². The number of amides is 1. The molecule has 0 aromatic heterocycles. The summed E-state index contributed by atoms with van der Waals surface area (Å²) in [4.78, 5) is 24.6. The predicted octanol–water partition coefficient (Wildman–Crippen LogP) is 4.35. The minimum atomic E-state index is -0.834. The van der Waals surface area contributed by atoms with Gasteiger partial charge in [0.1, 0.15) is 5.60 Å². The summed E-state index contributed by atoms with van der Waals surface area (Å²) in [5.74, 6) is 1.74. The Morgan fingerprint density at radius 1 is 1.00 bits per heavy atom. The van der Waals surface area contributed by atoms with Crippen LogP contribution in [0, 0.1) is 6.92 Å². The highest BCUT2D eigenvalue weighted by atomic mass is 16.6. The van der Waals surface area contributed by atoms with Crippen LogP contribution in [0.1, 0.15) is 49.3 Å². The van der Waals surface area contributed by atoms with Gasteiger partial charge in [-0.15, -0.1) is 0 Å².